The molecule has 0 fully saturated rings. The molecule has 0 aliphatic carbocycles. The fraction of sp³-hybridized carbons (Fsp3) is 0.235. The van der Waals surface area contributed by atoms with Gasteiger partial charge in [-0.1, -0.05) is 12.1 Å². The minimum Gasteiger partial charge on any atom is -0.465 e. The van der Waals surface area contributed by atoms with Crippen LogP contribution in [0.25, 0.3) is 0 Å². The molecule has 0 bridgehead atoms. The van der Waals surface area contributed by atoms with Crippen LogP contribution in [0.15, 0.2) is 42.5 Å². The summed E-state index contributed by atoms with van der Waals surface area (Å²) in [5.41, 5.74) is 10.3. The second kappa shape index (κ2) is 6.31. The maximum Gasteiger partial charge on any atom is 0.337 e. The summed E-state index contributed by atoms with van der Waals surface area (Å²) in [6, 6.07) is 13.5. The van der Waals surface area contributed by atoms with Gasteiger partial charge in [-0.15, -0.1) is 0 Å². The number of anilines is 3. The van der Waals surface area contributed by atoms with Gasteiger partial charge in [-0.3, -0.25) is 0 Å². The van der Waals surface area contributed by atoms with Crippen LogP contribution in [0.2, 0.25) is 0 Å². The van der Waals surface area contributed by atoms with Gasteiger partial charge in [0, 0.05) is 12.2 Å². The highest BCUT2D eigenvalue weighted by Gasteiger charge is 2.13. The molecule has 0 aromatic heterocycles. The molecular formula is C17H20N2O2. The number of methoxy groups -OCH3 is 1. The summed E-state index contributed by atoms with van der Waals surface area (Å²) in [4.78, 5) is 13.7. The first-order valence-electron chi connectivity index (χ1n) is 6.89. The number of hydrogen-bond acceptors (Lipinski definition) is 4. The van der Waals surface area contributed by atoms with E-state index in [4.69, 9.17) is 10.5 Å². The molecule has 110 valence electrons. The average Bonchev–Trinajstić information content (AvgIpc) is 2.49. The standard InChI is InChI=1S/C17H20N2O2/c1-4-19(14-7-5-6-12(2)10-14)16-9-8-13(11-15(16)18)17(20)21-3/h5-11H,4,18H2,1-3H3. The Morgan fingerprint density at radius 3 is 2.57 bits per heavy atom. The van der Waals surface area contributed by atoms with Crippen molar-refractivity contribution in [1.29, 1.82) is 0 Å². The van der Waals surface area contributed by atoms with E-state index in [1.165, 1.54) is 12.7 Å². The number of benzene rings is 2. The molecule has 0 heterocycles. The first kappa shape index (κ1) is 14.9. The Bertz CT molecular complexity index is 653. The maximum absolute atomic E-state index is 11.5. The molecule has 0 atom stereocenters. The van der Waals surface area contributed by atoms with E-state index in [0.29, 0.717) is 11.3 Å². The van der Waals surface area contributed by atoms with Crippen molar-refractivity contribution in [3.8, 4) is 0 Å². The van der Waals surface area contributed by atoms with Crippen LogP contribution >= 0.6 is 0 Å². The predicted molar refractivity (Wildman–Crippen MR) is 86.1 cm³/mol. The van der Waals surface area contributed by atoms with E-state index in [1.807, 2.05) is 18.2 Å². The number of aryl methyl sites for hydroxylation is 1. The summed E-state index contributed by atoms with van der Waals surface area (Å²) in [5, 5.41) is 0. The molecule has 0 aliphatic rings. The number of carbonyl (C=O) groups is 1. The first-order valence-corrected chi connectivity index (χ1v) is 6.89. The summed E-state index contributed by atoms with van der Waals surface area (Å²) in [6.07, 6.45) is 0. The molecule has 0 saturated heterocycles. The zero-order chi connectivity index (χ0) is 15.4. The Hall–Kier alpha value is -2.49. The fourth-order valence-corrected chi connectivity index (χ4v) is 2.33. The highest BCUT2D eigenvalue weighted by molar-refractivity contribution is 5.92. The van der Waals surface area contributed by atoms with Crippen LogP contribution < -0.4 is 10.6 Å². The van der Waals surface area contributed by atoms with E-state index < -0.39 is 0 Å². The lowest BCUT2D eigenvalue weighted by Crippen LogP contribution is -2.18. The SMILES string of the molecule is CCN(c1cccc(C)c1)c1ccc(C(=O)OC)cc1N. The summed E-state index contributed by atoms with van der Waals surface area (Å²) in [6.45, 7) is 4.91. The lowest BCUT2D eigenvalue weighted by Gasteiger charge is -2.25. The van der Waals surface area contributed by atoms with Crippen molar-refractivity contribution >= 4 is 23.0 Å². The minimum absolute atomic E-state index is 0.383. The van der Waals surface area contributed by atoms with Crippen molar-refractivity contribution in [3.05, 3.63) is 53.6 Å². The smallest absolute Gasteiger partial charge is 0.337 e. The molecule has 0 radical (unpaired) electrons. The normalized spacial score (nSPS) is 10.2. The number of rotatable bonds is 4. The Labute approximate surface area is 125 Å². The van der Waals surface area contributed by atoms with E-state index in [1.54, 1.807) is 12.1 Å². The van der Waals surface area contributed by atoms with Gasteiger partial charge in [0.25, 0.3) is 0 Å². The summed E-state index contributed by atoms with van der Waals surface area (Å²) in [5.74, 6) is -0.383. The van der Waals surface area contributed by atoms with Gasteiger partial charge in [-0.2, -0.15) is 0 Å². The van der Waals surface area contributed by atoms with Crippen LogP contribution in [0, 0.1) is 6.92 Å². The zero-order valence-corrected chi connectivity index (χ0v) is 12.6. The van der Waals surface area contributed by atoms with Gasteiger partial charge < -0.3 is 15.4 Å². The third kappa shape index (κ3) is 3.16. The molecule has 0 aliphatic heterocycles. The predicted octanol–water partition coefficient (Wildman–Crippen LogP) is 3.52. The van der Waals surface area contributed by atoms with E-state index >= 15 is 0 Å². The van der Waals surface area contributed by atoms with Crippen LogP contribution in [0.4, 0.5) is 17.1 Å². The second-order valence-corrected chi connectivity index (χ2v) is 4.85. The van der Waals surface area contributed by atoms with E-state index in [2.05, 4.69) is 30.9 Å². The molecule has 0 saturated carbocycles. The van der Waals surface area contributed by atoms with Crippen LogP contribution in [0.3, 0.4) is 0 Å². The lowest BCUT2D eigenvalue weighted by atomic mass is 10.1. The number of carbonyl (C=O) groups excluding carboxylic acids is 1. The largest absolute Gasteiger partial charge is 0.465 e. The number of nitrogens with two attached hydrogens (primary N) is 1. The van der Waals surface area contributed by atoms with Crippen LogP contribution in [0.5, 0.6) is 0 Å². The molecule has 4 nitrogen and oxygen atoms in total. The summed E-state index contributed by atoms with van der Waals surface area (Å²) in [7, 11) is 1.36. The third-order valence-electron chi connectivity index (χ3n) is 3.37. The van der Waals surface area contributed by atoms with Crippen molar-refractivity contribution in [2.75, 3.05) is 24.3 Å². The van der Waals surface area contributed by atoms with Gasteiger partial charge in [0.2, 0.25) is 0 Å². The Kier molecular flexibility index (Phi) is 4.48. The summed E-state index contributed by atoms with van der Waals surface area (Å²) >= 11 is 0. The molecule has 0 spiro atoms. The number of ether oxygens (including phenoxy) is 1. The van der Waals surface area contributed by atoms with E-state index in [9.17, 15) is 4.79 Å². The monoisotopic (exact) mass is 284 g/mol. The lowest BCUT2D eigenvalue weighted by molar-refractivity contribution is 0.0601. The van der Waals surface area contributed by atoms with Gasteiger partial charge in [0.1, 0.15) is 0 Å². The fourth-order valence-electron chi connectivity index (χ4n) is 2.33. The zero-order valence-electron chi connectivity index (χ0n) is 12.6. The minimum atomic E-state index is -0.383. The van der Waals surface area contributed by atoms with Crippen molar-refractivity contribution in [2.45, 2.75) is 13.8 Å². The number of esters is 1. The van der Waals surface area contributed by atoms with Crippen molar-refractivity contribution < 1.29 is 9.53 Å². The topological polar surface area (TPSA) is 55.6 Å². The Morgan fingerprint density at radius 1 is 1.24 bits per heavy atom. The van der Waals surface area contributed by atoms with Crippen molar-refractivity contribution in [2.24, 2.45) is 0 Å². The van der Waals surface area contributed by atoms with Gasteiger partial charge in [0.05, 0.1) is 24.0 Å². The molecule has 2 aromatic rings. The highest BCUT2D eigenvalue weighted by Crippen LogP contribution is 2.31. The van der Waals surface area contributed by atoms with Crippen molar-refractivity contribution in [1.82, 2.24) is 0 Å². The third-order valence-corrected chi connectivity index (χ3v) is 3.37. The van der Waals surface area contributed by atoms with Gasteiger partial charge in [0.15, 0.2) is 0 Å². The van der Waals surface area contributed by atoms with Crippen LogP contribution in [-0.4, -0.2) is 19.6 Å². The molecule has 2 aromatic carbocycles. The second-order valence-electron chi connectivity index (χ2n) is 4.85. The molecule has 21 heavy (non-hydrogen) atoms. The number of nitrogens with zero attached hydrogens (tertiary/aromatic N) is 1. The van der Waals surface area contributed by atoms with Gasteiger partial charge in [-0.05, 0) is 49.7 Å². The average molecular weight is 284 g/mol. The number of nitrogen functional groups attached to an aromatic ring is 1. The highest BCUT2D eigenvalue weighted by atomic mass is 16.5. The summed E-state index contributed by atoms with van der Waals surface area (Å²) < 4.78 is 4.71. The molecule has 0 unspecified atom stereocenters. The molecule has 2 rings (SSSR count). The molecule has 4 heteroatoms. The van der Waals surface area contributed by atoms with E-state index in [0.717, 1.165) is 17.9 Å². The maximum atomic E-state index is 11.5. The van der Waals surface area contributed by atoms with Gasteiger partial charge in [-0.25, -0.2) is 4.79 Å². The molecular weight excluding hydrogens is 264 g/mol. The first-order chi connectivity index (χ1) is 10.1. The van der Waals surface area contributed by atoms with Crippen molar-refractivity contribution in [3.63, 3.8) is 0 Å². The Balaban J connectivity index is 2.41. The van der Waals surface area contributed by atoms with Crippen LogP contribution in [-0.2, 0) is 4.74 Å². The van der Waals surface area contributed by atoms with Gasteiger partial charge >= 0.3 is 5.97 Å². The van der Waals surface area contributed by atoms with E-state index in [-0.39, 0.29) is 5.97 Å². The van der Waals surface area contributed by atoms with Crippen LogP contribution in [0.1, 0.15) is 22.8 Å². The number of hydrogen-bond donors (Lipinski definition) is 1. The quantitative estimate of drug-likeness (QED) is 0.689. The Morgan fingerprint density at radius 2 is 2.00 bits per heavy atom. The molecule has 0 amide bonds. The molecule has 2 N–H and O–H groups in total.